The summed E-state index contributed by atoms with van der Waals surface area (Å²) in [4.78, 5) is 30.0. The third kappa shape index (κ3) is 3.03. The maximum absolute atomic E-state index is 12.6. The first-order valence-electron chi connectivity index (χ1n) is 8.07. The maximum atomic E-state index is 12.6. The number of nitrogens with zero attached hydrogens (tertiary/aromatic N) is 3. The van der Waals surface area contributed by atoms with Gasteiger partial charge >= 0.3 is 5.69 Å². The van der Waals surface area contributed by atoms with Crippen LogP contribution in [-0.4, -0.2) is 14.1 Å². The van der Waals surface area contributed by atoms with E-state index >= 15 is 0 Å². The van der Waals surface area contributed by atoms with Crippen molar-refractivity contribution in [1.82, 2.24) is 14.1 Å². The van der Waals surface area contributed by atoms with Gasteiger partial charge in [0.05, 0.1) is 5.69 Å². The van der Waals surface area contributed by atoms with E-state index in [1.807, 2.05) is 32.9 Å². The highest BCUT2D eigenvalue weighted by molar-refractivity contribution is 7.16. The van der Waals surface area contributed by atoms with Gasteiger partial charge in [0, 0.05) is 24.7 Å². The van der Waals surface area contributed by atoms with Crippen LogP contribution in [0.1, 0.15) is 16.0 Å². The van der Waals surface area contributed by atoms with Gasteiger partial charge in [-0.1, -0.05) is 6.07 Å². The van der Waals surface area contributed by atoms with Crippen LogP contribution in [0.3, 0.4) is 0 Å². The molecule has 1 aromatic carbocycles. The lowest BCUT2D eigenvalue weighted by Gasteiger charge is -2.10. The number of aryl methyl sites for hydroxylation is 3. The van der Waals surface area contributed by atoms with Crippen LogP contribution in [-0.2, 0) is 14.1 Å². The Morgan fingerprint density at radius 1 is 1.04 bits per heavy atom. The summed E-state index contributed by atoms with van der Waals surface area (Å²) in [6.07, 6.45) is 0. The molecule has 0 fully saturated rings. The molecule has 136 valence electrons. The lowest BCUT2D eigenvalue weighted by Crippen LogP contribution is -2.39. The molecular formula is C18H21N5O2S. The zero-order valence-corrected chi connectivity index (χ0v) is 16.2. The number of benzene rings is 1. The van der Waals surface area contributed by atoms with Crippen LogP contribution in [0, 0.1) is 20.8 Å². The summed E-state index contributed by atoms with van der Waals surface area (Å²) in [6, 6.07) is 6.16. The number of rotatable bonds is 3. The highest BCUT2D eigenvalue weighted by Crippen LogP contribution is 2.32. The van der Waals surface area contributed by atoms with Gasteiger partial charge in [-0.25, -0.2) is 9.78 Å². The number of hydrogen-bond donors (Lipinski definition) is 2. The Balaban J connectivity index is 2.10. The molecule has 0 aliphatic heterocycles. The minimum absolute atomic E-state index is 0.115. The van der Waals surface area contributed by atoms with Gasteiger partial charge in [-0.2, -0.15) is 0 Å². The van der Waals surface area contributed by atoms with Gasteiger partial charge in [-0.15, -0.1) is 11.3 Å². The van der Waals surface area contributed by atoms with E-state index in [0.717, 1.165) is 26.3 Å². The molecule has 2 heterocycles. The first kappa shape index (κ1) is 17.9. The molecule has 0 amide bonds. The fourth-order valence-corrected chi connectivity index (χ4v) is 3.77. The normalized spacial score (nSPS) is 11.0. The molecule has 0 aliphatic rings. The van der Waals surface area contributed by atoms with E-state index < -0.39 is 11.2 Å². The Labute approximate surface area is 154 Å². The lowest BCUT2D eigenvalue weighted by molar-refractivity contribution is 0.696. The Morgan fingerprint density at radius 2 is 1.65 bits per heavy atom. The van der Waals surface area contributed by atoms with Gasteiger partial charge in [0.25, 0.3) is 5.56 Å². The highest BCUT2D eigenvalue weighted by atomic mass is 32.1. The second kappa shape index (κ2) is 6.45. The van der Waals surface area contributed by atoms with Crippen molar-refractivity contribution in [3.8, 4) is 11.3 Å². The average Bonchev–Trinajstić information content (AvgIpc) is 2.90. The quantitative estimate of drug-likeness (QED) is 0.737. The van der Waals surface area contributed by atoms with Crippen LogP contribution >= 0.6 is 11.3 Å². The first-order valence-corrected chi connectivity index (χ1v) is 8.89. The van der Waals surface area contributed by atoms with E-state index in [0.29, 0.717) is 10.8 Å². The van der Waals surface area contributed by atoms with Crippen LogP contribution in [0.5, 0.6) is 0 Å². The second-order valence-corrected chi connectivity index (χ2v) is 7.59. The molecule has 0 spiro atoms. The summed E-state index contributed by atoms with van der Waals surface area (Å²) in [7, 11) is 2.97. The van der Waals surface area contributed by atoms with E-state index in [-0.39, 0.29) is 11.4 Å². The zero-order chi connectivity index (χ0) is 19.2. The summed E-state index contributed by atoms with van der Waals surface area (Å²) in [6.45, 7) is 5.95. The number of nitrogens with two attached hydrogens (primary N) is 1. The summed E-state index contributed by atoms with van der Waals surface area (Å²) < 4.78 is 2.30. The van der Waals surface area contributed by atoms with Crippen molar-refractivity contribution in [3.63, 3.8) is 0 Å². The molecule has 0 saturated heterocycles. The van der Waals surface area contributed by atoms with Gasteiger partial charge in [-0.05, 0) is 44.0 Å². The average molecular weight is 371 g/mol. The Bertz CT molecular complexity index is 1100. The lowest BCUT2D eigenvalue weighted by atomic mass is 10.1. The topological polar surface area (TPSA) is 94.9 Å². The molecule has 0 atom stereocenters. The van der Waals surface area contributed by atoms with Gasteiger partial charge in [0.1, 0.15) is 11.4 Å². The van der Waals surface area contributed by atoms with Crippen molar-refractivity contribution in [1.29, 1.82) is 0 Å². The van der Waals surface area contributed by atoms with Crippen LogP contribution in [0.2, 0.25) is 0 Å². The first-order chi connectivity index (χ1) is 12.2. The second-order valence-electron chi connectivity index (χ2n) is 6.39. The predicted molar refractivity (Wildman–Crippen MR) is 106 cm³/mol. The number of hydrogen-bond acceptors (Lipinski definition) is 6. The van der Waals surface area contributed by atoms with E-state index in [2.05, 4.69) is 16.4 Å². The monoisotopic (exact) mass is 371 g/mol. The van der Waals surface area contributed by atoms with E-state index in [1.165, 1.54) is 30.0 Å². The molecule has 0 saturated carbocycles. The Kier molecular flexibility index (Phi) is 4.45. The van der Waals surface area contributed by atoms with Crippen molar-refractivity contribution < 1.29 is 0 Å². The highest BCUT2D eigenvalue weighted by Gasteiger charge is 2.20. The van der Waals surface area contributed by atoms with Crippen molar-refractivity contribution >= 4 is 28.0 Å². The Hall–Kier alpha value is -2.87. The fourth-order valence-electron chi connectivity index (χ4n) is 2.93. The Morgan fingerprint density at radius 3 is 2.27 bits per heavy atom. The minimum Gasteiger partial charge on any atom is -0.384 e. The SMILES string of the molecule is Cc1cc(C)cc(Nc2nc(-c3c(N)n(C)c(=O)n(C)c3=O)c(C)s2)c1. The molecular weight excluding hydrogens is 350 g/mol. The summed E-state index contributed by atoms with van der Waals surface area (Å²) in [5, 5.41) is 3.95. The van der Waals surface area contributed by atoms with Crippen LogP contribution in [0.4, 0.5) is 16.6 Å². The number of nitrogens with one attached hydrogen (secondary N) is 1. The number of anilines is 3. The van der Waals surface area contributed by atoms with E-state index in [9.17, 15) is 9.59 Å². The van der Waals surface area contributed by atoms with Crippen LogP contribution in [0.15, 0.2) is 27.8 Å². The fraction of sp³-hybridized carbons (Fsp3) is 0.278. The van der Waals surface area contributed by atoms with Gasteiger partial charge < -0.3 is 11.1 Å². The molecule has 0 radical (unpaired) electrons. The molecule has 0 bridgehead atoms. The molecule has 0 unspecified atom stereocenters. The maximum Gasteiger partial charge on any atom is 0.332 e. The molecule has 3 N–H and O–H groups in total. The van der Waals surface area contributed by atoms with Crippen LogP contribution in [0.25, 0.3) is 11.3 Å². The van der Waals surface area contributed by atoms with Gasteiger partial charge in [0.15, 0.2) is 5.13 Å². The van der Waals surface area contributed by atoms with E-state index in [4.69, 9.17) is 5.73 Å². The molecule has 3 aromatic rings. The summed E-state index contributed by atoms with van der Waals surface area (Å²) in [5.74, 6) is 0.115. The number of aromatic nitrogens is 3. The molecule has 2 aromatic heterocycles. The molecule has 8 heteroatoms. The molecule has 7 nitrogen and oxygen atoms in total. The summed E-state index contributed by atoms with van der Waals surface area (Å²) in [5.41, 5.74) is 9.12. The standard InChI is InChI=1S/C18H21N5O2S/c1-9-6-10(2)8-12(7-9)20-17-21-14(11(3)26-17)13-15(19)22(4)18(25)23(5)16(13)24/h6-8H,19H2,1-5H3,(H,20,21). The predicted octanol–water partition coefficient (Wildman–Crippen LogP) is 2.46. The van der Waals surface area contributed by atoms with Crippen molar-refractivity contribution in [2.24, 2.45) is 14.1 Å². The smallest absolute Gasteiger partial charge is 0.332 e. The van der Waals surface area contributed by atoms with E-state index in [1.54, 1.807) is 0 Å². The molecule has 0 aliphatic carbocycles. The van der Waals surface area contributed by atoms with Gasteiger partial charge in [0.2, 0.25) is 0 Å². The summed E-state index contributed by atoms with van der Waals surface area (Å²) >= 11 is 1.44. The third-order valence-corrected chi connectivity index (χ3v) is 5.10. The number of thiazole rings is 1. The van der Waals surface area contributed by atoms with Crippen molar-refractivity contribution in [3.05, 3.63) is 55.0 Å². The van der Waals surface area contributed by atoms with Crippen molar-refractivity contribution in [2.45, 2.75) is 20.8 Å². The largest absolute Gasteiger partial charge is 0.384 e. The minimum atomic E-state index is -0.460. The van der Waals surface area contributed by atoms with Crippen molar-refractivity contribution in [2.75, 3.05) is 11.1 Å². The van der Waals surface area contributed by atoms with Gasteiger partial charge in [-0.3, -0.25) is 13.9 Å². The van der Waals surface area contributed by atoms with Crippen LogP contribution < -0.4 is 22.3 Å². The molecule has 26 heavy (non-hydrogen) atoms. The zero-order valence-electron chi connectivity index (χ0n) is 15.4. The number of nitrogen functional groups attached to an aromatic ring is 1. The molecule has 3 rings (SSSR count). The third-order valence-electron chi connectivity index (χ3n) is 4.22.